The molecule has 1 heterocycles. The molecule has 0 fully saturated rings. The number of sulfonamides is 1. The van der Waals surface area contributed by atoms with Crippen molar-refractivity contribution >= 4 is 10.0 Å². The molecule has 0 spiro atoms. The van der Waals surface area contributed by atoms with Gasteiger partial charge in [0, 0.05) is 0 Å². The zero-order chi connectivity index (χ0) is 12.5. The maximum absolute atomic E-state index is 12.6. The van der Waals surface area contributed by atoms with Gasteiger partial charge < -0.3 is 4.74 Å². The molecular weight excluding hydrogens is 242 g/mol. The van der Waals surface area contributed by atoms with Crippen LogP contribution in [0.2, 0.25) is 0 Å². The summed E-state index contributed by atoms with van der Waals surface area (Å²) in [4.78, 5) is 3.29. The van der Waals surface area contributed by atoms with E-state index in [0.717, 1.165) is 6.07 Å². The minimum Gasteiger partial charge on any atom is -0.494 e. The van der Waals surface area contributed by atoms with Crippen molar-refractivity contribution < 1.29 is 21.9 Å². The van der Waals surface area contributed by atoms with E-state index in [-0.39, 0.29) is 11.3 Å². The van der Waals surface area contributed by atoms with Gasteiger partial charge in [-0.1, -0.05) is 0 Å². The smallest absolute Gasteiger partial charge is 0.284 e. The molecule has 0 saturated carbocycles. The molecule has 0 amide bonds. The summed E-state index contributed by atoms with van der Waals surface area (Å²) >= 11 is 0. The van der Waals surface area contributed by atoms with Crippen molar-refractivity contribution in [1.82, 2.24) is 4.98 Å². The Hall–Kier alpha value is -1.28. The van der Waals surface area contributed by atoms with Crippen LogP contribution < -0.4 is 9.88 Å². The van der Waals surface area contributed by atoms with Gasteiger partial charge in [-0.05, 0) is 18.6 Å². The van der Waals surface area contributed by atoms with Crippen LogP contribution in [0.25, 0.3) is 0 Å². The topological polar surface area (TPSA) is 82.3 Å². The number of nitrogens with zero attached hydrogens (tertiary/aromatic N) is 1. The van der Waals surface area contributed by atoms with E-state index in [9.17, 15) is 17.2 Å². The summed E-state index contributed by atoms with van der Waals surface area (Å²) in [5.74, 6) is -0.137. The van der Waals surface area contributed by atoms with Gasteiger partial charge in [-0.15, -0.1) is 0 Å². The Bertz CT molecular complexity index is 502. The average Bonchev–Trinajstić information content (AvgIpc) is 2.14. The predicted molar refractivity (Wildman–Crippen MR) is 51.9 cm³/mol. The minimum absolute atomic E-state index is 0.137. The second-order valence-corrected chi connectivity index (χ2v) is 4.55. The first-order valence-electron chi connectivity index (χ1n) is 4.14. The number of primary sulfonamides is 1. The van der Waals surface area contributed by atoms with Crippen LogP contribution in [-0.4, -0.2) is 20.5 Å². The van der Waals surface area contributed by atoms with Gasteiger partial charge in [-0.2, -0.15) is 0 Å². The number of aryl methyl sites for hydroxylation is 1. The quantitative estimate of drug-likeness (QED) is 0.869. The highest BCUT2D eigenvalue weighted by Crippen LogP contribution is 2.31. The summed E-state index contributed by atoms with van der Waals surface area (Å²) in [6, 6.07) is 1.08. The molecule has 2 N–H and O–H groups in total. The molecule has 0 bridgehead atoms. The second-order valence-electron chi connectivity index (χ2n) is 3.04. The summed E-state index contributed by atoms with van der Waals surface area (Å²) in [6.45, 7) is 1.43. The lowest BCUT2D eigenvalue weighted by atomic mass is 10.2. The van der Waals surface area contributed by atoms with Crippen LogP contribution in [0, 0.1) is 6.92 Å². The van der Waals surface area contributed by atoms with E-state index in [0.29, 0.717) is 0 Å². The van der Waals surface area contributed by atoms with Crippen molar-refractivity contribution in [2.24, 2.45) is 5.14 Å². The maximum Gasteiger partial charge on any atom is 0.284 e. The van der Waals surface area contributed by atoms with Crippen molar-refractivity contribution in [2.75, 3.05) is 7.11 Å². The predicted octanol–water partition coefficient (Wildman–Crippen LogP) is 0.984. The Labute approximate surface area is 91.3 Å². The number of rotatable bonds is 3. The van der Waals surface area contributed by atoms with Crippen LogP contribution in [0.3, 0.4) is 0 Å². The lowest BCUT2D eigenvalue weighted by Crippen LogP contribution is -2.16. The molecular formula is C8H10F2N2O3S. The molecule has 0 saturated heterocycles. The lowest BCUT2D eigenvalue weighted by Gasteiger charge is -2.11. The monoisotopic (exact) mass is 252 g/mol. The second kappa shape index (κ2) is 4.30. The van der Waals surface area contributed by atoms with Crippen LogP contribution in [0.5, 0.6) is 5.75 Å². The number of pyridine rings is 1. The Morgan fingerprint density at radius 1 is 1.50 bits per heavy atom. The summed E-state index contributed by atoms with van der Waals surface area (Å²) in [7, 11) is -2.91. The highest BCUT2D eigenvalue weighted by atomic mass is 32.2. The molecule has 1 aromatic heterocycles. The zero-order valence-corrected chi connectivity index (χ0v) is 9.38. The Balaban J connectivity index is 3.52. The SMILES string of the molecule is COc1c(C)cc(S(N)(=O)=O)nc1C(F)F. The van der Waals surface area contributed by atoms with E-state index in [1.54, 1.807) is 0 Å². The molecule has 0 aliphatic heterocycles. The van der Waals surface area contributed by atoms with Gasteiger partial charge in [-0.3, -0.25) is 0 Å². The van der Waals surface area contributed by atoms with E-state index in [2.05, 4.69) is 4.98 Å². The largest absolute Gasteiger partial charge is 0.494 e. The number of ether oxygens (including phenoxy) is 1. The van der Waals surface area contributed by atoms with Crippen molar-refractivity contribution in [2.45, 2.75) is 18.4 Å². The van der Waals surface area contributed by atoms with E-state index in [4.69, 9.17) is 9.88 Å². The standard InChI is InChI=1S/C8H10F2N2O3S/c1-4-3-5(16(11,13)14)12-6(8(9)10)7(4)15-2/h3,8H,1-2H3,(H2,11,13,14). The summed E-state index contributed by atoms with van der Waals surface area (Å²) < 4.78 is 51.9. The normalized spacial score (nSPS) is 11.9. The highest BCUT2D eigenvalue weighted by molar-refractivity contribution is 7.89. The Morgan fingerprint density at radius 3 is 2.44 bits per heavy atom. The molecule has 1 aromatic rings. The molecule has 0 aromatic carbocycles. The summed E-state index contributed by atoms with van der Waals surface area (Å²) in [6.07, 6.45) is -2.93. The van der Waals surface area contributed by atoms with Crippen molar-refractivity contribution in [3.63, 3.8) is 0 Å². The number of aromatic nitrogens is 1. The number of halogens is 2. The number of alkyl halides is 2. The van der Waals surface area contributed by atoms with Gasteiger partial charge in [-0.25, -0.2) is 27.3 Å². The Morgan fingerprint density at radius 2 is 2.06 bits per heavy atom. The van der Waals surface area contributed by atoms with Crippen LogP contribution in [0.15, 0.2) is 11.1 Å². The number of methoxy groups -OCH3 is 1. The third kappa shape index (κ3) is 2.45. The molecule has 0 atom stereocenters. The van der Waals surface area contributed by atoms with E-state index in [1.807, 2.05) is 0 Å². The zero-order valence-electron chi connectivity index (χ0n) is 8.57. The van der Waals surface area contributed by atoms with Crippen molar-refractivity contribution in [3.05, 3.63) is 17.3 Å². The fourth-order valence-corrected chi connectivity index (χ4v) is 1.78. The molecule has 0 aliphatic carbocycles. The maximum atomic E-state index is 12.6. The number of nitrogens with two attached hydrogens (primary N) is 1. The highest BCUT2D eigenvalue weighted by Gasteiger charge is 2.22. The van der Waals surface area contributed by atoms with Gasteiger partial charge in [0.1, 0.15) is 11.4 Å². The van der Waals surface area contributed by atoms with E-state index in [1.165, 1.54) is 14.0 Å². The Kier molecular flexibility index (Phi) is 3.44. The molecule has 0 radical (unpaired) electrons. The summed E-state index contributed by atoms with van der Waals surface area (Å²) in [5, 5.41) is 4.21. The minimum atomic E-state index is -4.11. The molecule has 0 aliphatic rings. The molecule has 1 rings (SSSR count). The van der Waals surface area contributed by atoms with Crippen molar-refractivity contribution in [3.8, 4) is 5.75 Å². The first-order valence-corrected chi connectivity index (χ1v) is 5.68. The lowest BCUT2D eigenvalue weighted by molar-refractivity contribution is 0.140. The fourth-order valence-electron chi connectivity index (χ4n) is 1.21. The summed E-state index contributed by atoms with van der Waals surface area (Å²) in [5.41, 5.74) is -0.497. The fraction of sp³-hybridized carbons (Fsp3) is 0.375. The van der Waals surface area contributed by atoms with Crippen LogP contribution in [0.1, 0.15) is 17.7 Å². The molecule has 0 unspecified atom stereocenters. The third-order valence-corrected chi connectivity index (χ3v) is 2.66. The van der Waals surface area contributed by atoms with Crippen LogP contribution in [0.4, 0.5) is 8.78 Å². The van der Waals surface area contributed by atoms with E-state index < -0.39 is 27.2 Å². The van der Waals surface area contributed by atoms with Gasteiger partial charge in [0.05, 0.1) is 7.11 Å². The average molecular weight is 252 g/mol. The van der Waals surface area contributed by atoms with Gasteiger partial charge in [0.25, 0.3) is 16.4 Å². The number of hydrogen-bond donors (Lipinski definition) is 1. The molecule has 8 heteroatoms. The number of hydrogen-bond acceptors (Lipinski definition) is 4. The first-order chi connectivity index (χ1) is 7.27. The van der Waals surface area contributed by atoms with Crippen LogP contribution in [-0.2, 0) is 10.0 Å². The first kappa shape index (κ1) is 12.8. The van der Waals surface area contributed by atoms with Crippen LogP contribution >= 0.6 is 0 Å². The molecule has 90 valence electrons. The van der Waals surface area contributed by atoms with E-state index >= 15 is 0 Å². The van der Waals surface area contributed by atoms with Gasteiger partial charge >= 0.3 is 0 Å². The van der Waals surface area contributed by atoms with Gasteiger partial charge in [0.15, 0.2) is 5.03 Å². The third-order valence-electron chi connectivity index (χ3n) is 1.86. The van der Waals surface area contributed by atoms with Crippen molar-refractivity contribution in [1.29, 1.82) is 0 Å². The van der Waals surface area contributed by atoms with Gasteiger partial charge in [0.2, 0.25) is 0 Å². The molecule has 5 nitrogen and oxygen atoms in total. The molecule has 16 heavy (non-hydrogen) atoms.